The number of amides is 1. The maximum atomic E-state index is 13.0. The fourth-order valence-electron chi connectivity index (χ4n) is 2.95. The fourth-order valence-corrected chi connectivity index (χ4v) is 3.99. The van der Waals surface area contributed by atoms with Crippen molar-refractivity contribution >= 4 is 23.5 Å². The molecule has 1 N–H and O–H groups in total. The van der Waals surface area contributed by atoms with Crippen molar-refractivity contribution in [2.45, 2.75) is 24.0 Å². The molecule has 1 atom stereocenters. The zero-order chi connectivity index (χ0) is 17.2. The molecule has 1 aromatic carbocycles. The third kappa shape index (κ3) is 3.14. The van der Waals surface area contributed by atoms with Gasteiger partial charge in [0.05, 0.1) is 5.69 Å². The van der Waals surface area contributed by atoms with Gasteiger partial charge in [-0.15, -0.1) is 5.10 Å². The van der Waals surface area contributed by atoms with Crippen molar-refractivity contribution in [1.29, 1.82) is 0 Å². The van der Waals surface area contributed by atoms with Crippen molar-refractivity contribution in [3.8, 4) is 0 Å². The molecule has 9 heteroatoms. The van der Waals surface area contributed by atoms with E-state index >= 15 is 0 Å². The summed E-state index contributed by atoms with van der Waals surface area (Å²) in [6.45, 7) is 0. The molecule has 0 fully saturated rings. The Morgan fingerprint density at radius 1 is 1.32 bits per heavy atom. The van der Waals surface area contributed by atoms with E-state index in [2.05, 4.69) is 25.9 Å². The number of fused-ring (bicyclic) bond motifs is 1. The van der Waals surface area contributed by atoms with E-state index in [0.29, 0.717) is 6.42 Å². The average molecular weight is 355 g/mol. The van der Waals surface area contributed by atoms with Gasteiger partial charge in [-0.3, -0.25) is 9.48 Å². The van der Waals surface area contributed by atoms with E-state index in [4.69, 9.17) is 0 Å². The number of thioether (sulfide) groups is 1. The first-order valence-corrected chi connectivity index (χ1v) is 9.07. The SMILES string of the molecule is Cn1nc2c(c1NC(=O)[C@H](Cc1ccccc1)n1cnnn1)CSC2. The van der Waals surface area contributed by atoms with E-state index in [1.54, 1.807) is 16.4 Å². The van der Waals surface area contributed by atoms with Crippen molar-refractivity contribution in [3.05, 3.63) is 53.5 Å². The fraction of sp³-hybridized carbons (Fsp3) is 0.312. The van der Waals surface area contributed by atoms with Crippen molar-refractivity contribution in [2.75, 3.05) is 5.32 Å². The number of hydrogen-bond donors (Lipinski definition) is 1. The highest BCUT2D eigenvalue weighted by atomic mass is 32.2. The molecule has 3 aromatic rings. The second-order valence-electron chi connectivity index (χ2n) is 5.87. The number of hydrogen-bond acceptors (Lipinski definition) is 6. The van der Waals surface area contributed by atoms with Gasteiger partial charge in [0.2, 0.25) is 0 Å². The normalized spacial score (nSPS) is 14.3. The molecule has 128 valence electrons. The summed E-state index contributed by atoms with van der Waals surface area (Å²) >= 11 is 1.80. The third-order valence-electron chi connectivity index (χ3n) is 4.21. The summed E-state index contributed by atoms with van der Waals surface area (Å²) in [5.41, 5.74) is 3.20. The van der Waals surface area contributed by atoms with Crippen LogP contribution in [0.25, 0.3) is 0 Å². The molecule has 0 saturated heterocycles. The van der Waals surface area contributed by atoms with Gasteiger partial charge >= 0.3 is 0 Å². The van der Waals surface area contributed by atoms with Gasteiger partial charge in [0.1, 0.15) is 18.2 Å². The van der Waals surface area contributed by atoms with Gasteiger partial charge in [0.15, 0.2) is 0 Å². The molecule has 0 aliphatic carbocycles. The lowest BCUT2D eigenvalue weighted by molar-refractivity contribution is -0.119. The summed E-state index contributed by atoms with van der Waals surface area (Å²) in [6, 6.07) is 9.31. The molecule has 2 aromatic heterocycles. The second kappa shape index (κ2) is 6.67. The van der Waals surface area contributed by atoms with Gasteiger partial charge in [-0.25, -0.2) is 4.68 Å². The van der Waals surface area contributed by atoms with E-state index in [9.17, 15) is 4.79 Å². The first kappa shape index (κ1) is 15.8. The minimum Gasteiger partial charge on any atom is -0.309 e. The molecule has 8 nitrogen and oxygen atoms in total. The molecule has 0 unspecified atom stereocenters. The Balaban J connectivity index is 1.60. The Bertz CT molecular complexity index is 876. The largest absolute Gasteiger partial charge is 0.309 e. The van der Waals surface area contributed by atoms with E-state index in [-0.39, 0.29) is 5.91 Å². The van der Waals surface area contributed by atoms with Crippen molar-refractivity contribution in [2.24, 2.45) is 7.05 Å². The quantitative estimate of drug-likeness (QED) is 0.747. The molecule has 0 radical (unpaired) electrons. The number of nitrogens with one attached hydrogen (secondary N) is 1. The van der Waals surface area contributed by atoms with Crippen LogP contribution in [0.2, 0.25) is 0 Å². The lowest BCUT2D eigenvalue weighted by Crippen LogP contribution is -2.29. The number of aryl methyl sites for hydroxylation is 1. The molecular formula is C16H17N7OS. The standard InChI is InChI=1S/C16H17N7OS/c1-22-15(12-8-25-9-13(12)19-22)18-16(24)14(23-10-17-20-21-23)7-11-5-3-2-4-6-11/h2-6,10,14H,7-9H2,1H3,(H,18,24)/t14-/m0/s1. The molecule has 1 amide bonds. The van der Waals surface area contributed by atoms with E-state index in [1.807, 2.05) is 37.4 Å². The number of carbonyl (C=O) groups excluding carboxylic acids is 1. The van der Waals surface area contributed by atoms with Gasteiger partial charge in [-0.2, -0.15) is 16.9 Å². The Hall–Kier alpha value is -2.68. The predicted octanol–water partition coefficient (Wildman–Crippen LogP) is 1.58. The van der Waals surface area contributed by atoms with Crippen molar-refractivity contribution in [3.63, 3.8) is 0 Å². The Morgan fingerprint density at radius 2 is 2.16 bits per heavy atom. The first-order valence-electron chi connectivity index (χ1n) is 7.92. The van der Waals surface area contributed by atoms with Gasteiger partial charge in [-0.1, -0.05) is 30.3 Å². The smallest absolute Gasteiger partial charge is 0.250 e. The topological polar surface area (TPSA) is 90.5 Å². The van der Waals surface area contributed by atoms with Gasteiger partial charge in [0, 0.05) is 30.5 Å². The summed E-state index contributed by atoms with van der Waals surface area (Å²) in [6.07, 6.45) is 1.98. The van der Waals surface area contributed by atoms with Crippen molar-refractivity contribution < 1.29 is 4.79 Å². The van der Waals surface area contributed by atoms with Gasteiger partial charge in [0.25, 0.3) is 5.91 Å². The summed E-state index contributed by atoms with van der Waals surface area (Å²) in [5, 5.41) is 18.8. The number of tetrazole rings is 1. The van der Waals surface area contributed by atoms with E-state index in [1.165, 1.54) is 11.0 Å². The number of benzene rings is 1. The number of anilines is 1. The highest BCUT2D eigenvalue weighted by Crippen LogP contribution is 2.34. The van der Waals surface area contributed by atoms with Crippen LogP contribution in [-0.4, -0.2) is 35.9 Å². The van der Waals surface area contributed by atoms with Crippen LogP contribution in [0.5, 0.6) is 0 Å². The van der Waals surface area contributed by atoms with Crippen molar-refractivity contribution in [1.82, 2.24) is 30.0 Å². The summed E-state index contributed by atoms with van der Waals surface area (Å²) in [5.74, 6) is 2.36. The molecule has 3 heterocycles. The van der Waals surface area contributed by atoms with Gasteiger partial charge < -0.3 is 5.32 Å². The molecule has 4 rings (SSSR count). The van der Waals surface area contributed by atoms with Crippen LogP contribution in [0.15, 0.2) is 36.7 Å². The minimum atomic E-state index is -0.531. The minimum absolute atomic E-state index is 0.154. The maximum Gasteiger partial charge on any atom is 0.250 e. The lowest BCUT2D eigenvalue weighted by atomic mass is 10.1. The molecule has 1 aliphatic heterocycles. The van der Waals surface area contributed by atoms with E-state index in [0.717, 1.165) is 34.1 Å². The maximum absolute atomic E-state index is 13.0. The van der Waals surface area contributed by atoms with Crippen LogP contribution in [0.1, 0.15) is 22.9 Å². The molecule has 1 aliphatic rings. The van der Waals surface area contributed by atoms with Crippen LogP contribution in [0.4, 0.5) is 5.82 Å². The number of aromatic nitrogens is 6. The highest BCUT2D eigenvalue weighted by Gasteiger charge is 2.27. The van der Waals surface area contributed by atoms with Crippen LogP contribution in [0.3, 0.4) is 0 Å². The zero-order valence-corrected chi connectivity index (χ0v) is 14.5. The lowest BCUT2D eigenvalue weighted by Gasteiger charge is -2.17. The Labute approximate surface area is 148 Å². The summed E-state index contributed by atoms with van der Waals surface area (Å²) in [4.78, 5) is 13.0. The van der Waals surface area contributed by atoms with Crippen LogP contribution in [-0.2, 0) is 29.8 Å². The summed E-state index contributed by atoms with van der Waals surface area (Å²) < 4.78 is 3.23. The van der Waals surface area contributed by atoms with Gasteiger partial charge in [-0.05, 0) is 16.0 Å². The molecule has 0 spiro atoms. The molecular weight excluding hydrogens is 338 g/mol. The average Bonchev–Trinajstić information content (AvgIpc) is 3.34. The van der Waals surface area contributed by atoms with Crippen LogP contribution < -0.4 is 5.32 Å². The molecule has 0 bridgehead atoms. The number of rotatable bonds is 5. The van der Waals surface area contributed by atoms with E-state index < -0.39 is 6.04 Å². The highest BCUT2D eigenvalue weighted by molar-refractivity contribution is 7.98. The summed E-state index contributed by atoms with van der Waals surface area (Å²) in [7, 11) is 1.85. The number of nitrogens with zero attached hydrogens (tertiary/aromatic N) is 6. The predicted molar refractivity (Wildman–Crippen MR) is 93.8 cm³/mol. The monoisotopic (exact) mass is 355 g/mol. The molecule has 0 saturated carbocycles. The second-order valence-corrected chi connectivity index (χ2v) is 6.86. The first-order chi connectivity index (χ1) is 12.2. The van der Waals surface area contributed by atoms with Crippen LogP contribution >= 0.6 is 11.8 Å². The van der Waals surface area contributed by atoms with Crippen LogP contribution in [0, 0.1) is 0 Å². The Morgan fingerprint density at radius 3 is 2.92 bits per heavy atom. The Kier molecular flexibility index (Phi) is 4.22. The zero-order valence-electron chi connectivity index (χ0n) is 13.7. The number of carbonyl (C=O) groups is 1. The third-order valence-corrected chi connectivity index (χ3v) is 5.18. The molecule has 25 heavy (non-hydrogen) atoms.